The van der Waals surface area contributed by atoms with Crippen LogP contribution in [0, 0.1) is 0 Å². The van der Waals surface area contributed by atoms with E-state index >= 15 is 0 Å². The SMILES string of the molecule is C=C/C=C(\C(OCc1ccc([C@H](C)CNN(C=O)CCC)cc1)=C(CC)CC)C1C=CC=C(N(N=C)/C(=C/C=O)C(F)(F)F)N1C. The molecule has 46 heavy (non-hydrogen) atoms. The Morgan fingerprint density at radius 2 is 1.83 bits per heavy atom. The Bertz CT molecular complexity index is 1340. The number of halogens is 3. The molecule has 0 aliphatic carbocycles. The van der Waals surface area contributed by atoms with Crippen LogP contribution in [0.15, 0.2) is 101 Å². The molecule has 250 valence electrons. The maximum absolute atomic E-state index is 13.9. The molecule has 1 amide bonds. The Morgan fingerprint density at radius 1 is 1.15 bits per heavy atom. The van der Waals surface area contributed by atoms with Gasteiger partial charge in [-0.15, -0.1) is 0 Å². The van der Waals surface area contributed by atoms with Gasteiger partial charge in [0, 0.05) is 38.5 Å². The van der Waals surface area contributed by atoms with Crippen molar-refractivity contribution in [2.75, 3.05) is 20.1 Å². The summed E-state index contributed by atoms with van der Waals surface area (Å²) in [6, 6.07) is 7.53. The highest BCUT2D eigenvalue weighted by Gasteiger charge is 2.41. The molecular formula is C35H46F3N5O3. The average Bonchev–Trinajstić information content (AvgIpc) is 3.04. The Hall–Kier alpha value is -4.38. The molecule has 2 rings (SSSR count). The summed E-state index contributed by atoms with van der Waals surface area (Å²) in [6.45, 7) is 16.9. The fraction of sp³-hybridized carbons (Fsp3) is 0.400. The van der Waals surface area contributed by atoms with E-state index in [1.54, 1.807) is 35.2 Å². The number of aldehydes is 1. The molecule has 0 aromatic heterocycles. The number of hydrogen-bond acceptors (Lipinski definition) is 7. The van der Waals surface area contributed by atoms with E-state index < -0.39 is 17.9 Å². The van der Waals surface area contributed by atoms with Gasteiger partial charge in [0.05, 0.1) is 6.04 Å². The van der Waals surface area contributed by atoms with Crippen LogP contribution in [0.1, 0.15) is 64.0 Å². The first-order valence-electron chi connectivity index (χ1n) is 15.3. The van der Waals surface area contributed by atoms with E-state index in [9.17, 15) is 22.8 Å². The molecular weight excluding hydrogens is 595 g/mol. The Balaban J connectivity index is 2.36. The second-order valence-electron chi connectivity index (χ2n) is 10.7. The number of ether oxygens (including phenoxy) is 1. The van der Waals surface area contributed by atoms with Crippen LogP contribution in [0.5, 0.6) is 0 Å². The first-order chi connectivity index (χ1) is 22.0. The third kappa shape index (κ3) is 10.1. The van der Waals surface area contributed by atoms with E-state index in [0.717, 1.165) is 29.5 Å². The summed E-state index contributed by atoms with van der Waals surface area (Å²) >= 11 is 0. The standard InChI is InChI=1S/C35H46F3N5O3/c1-8-13-30(31-14-12-15-33(41(31)7)43(39-6)32(20-22-44)35(36,37)38)34(28(10-3)11-4)46-24-27-16-18-29(19-17-27)26(5)23-40-42(25-45)21-9-2/h8,12-20,22,25-26,31,40H,1,6,9-11,21,23-24H2,2-5,7H3/b30-13-,32-20+/t26-,31?/m1/s1. The number of hydrazone groups is 1. The van der Waals surface area contributed by atoms with Crippen molar-refractivity contribution in [1.82, 2.24) is 20.3 Å². The first-order valence-corrected chi connectivity index (χ1v) is 15.3. The molecule has 11 heteroatoms. The number of alkyl halides is 3. The maximum atomic E-state index is 13.9. The van der Waals surface area contributed by atoms with Crippen LogP contribution in [-0.2, 0) is 20.9 Å². The summed E-state index contributed by atoms with van der Waals surface area (Å²) in [4.78, 5) is 23.9. The van der Waals surface area contributed by atoms with Crippen LogP contribution in [0.4, 0.5) is 13.2 Å². The molecule has 1 aromatic rings. The third-order valence-electron chi connectivity index (χ3n) is 7.60. The minimum Gasteiger partial charge on any atom is -0.489 e. The monoisotopic (exact) mass is 641 g/mol. The van der Waals surface area contributed by atoms with Gasteiger partial charge in [-0.2, -0.15) is 18.3 Å². The molecule has 1 unspecified atom stereocenters. The average molecular weight is 642 g/mol. The largest absolute Gasteiger partial charge is 0.489 e. The predicted molar refractivity (Wildman–Crippen MR) is 177 cm³/mol. The maximum Gasteiger partial charge on any atom is 0.433 e. The minimum atomic E-state index is -4.85. The first kappa shape index (κ1) is 37.8. The number of nitrogens with one attached hydrogen (secondary N) is 1. The molecule has 0 saturated carbocycles. The van der Waals surface area contributed by atoms with Crippen LogP contribution in [0.2, 0.25) is 0 Å². The van der Waals surface area contributed by atoms with Gasteiger partial charge in [-0.05, 0) is 48.0 Å². The molecule has 0 bridgehead atoms. The van der Waals surface area contributed by atoms with Crippen molar-refractivity contribution in [3.63, 3.8) is 0 Å². The van der Waals surface area contributed by atoms with E-state index in [1.165, 1.54) is 6.08 Å². The van der Waals surface area contributed by atoms with Crippen molar-refractivity contribution in [3.05, 3.63) is 107 Å². The molecule has 0 spiro atoms. The van der Waals surface area contributed by atoms with Crippen LogP contribution >= 0.6 is 0 Å². The fourth-order valence-corrected chi connectivity index (χ4v) is 5.07. The number of amides is 1. The Morgan fingerprint density at radius 3 is 2.35 bits per heavy atom. The number of hydrogen-bond donors (Lipinski definition) is 1. The lowest BCUT2D eigenvalue weighted by molar-refractivity contribution is -0.121. The van der Waals surface area contributed by atoms with Gasteiger partial charge >= 0.3 is 6.18 Å². The number of benzene rings is 1. The van der Waals surface area contributed by atoms with E-state index in [0.29, 0.717) is 48.3 Å². The smallest absolute Gasteiger partial charge is 0.433 e. The Labute approximate surface area is 270 Å². The molecule has 0 radical (unpaired) electrons. The molecule has 0 fully saturated rings. The highest BCUT2D eigenvalue weighted by atomic mass is 19.4. The molecule has 2 atom stereocenters. The summed E-state index contributed by atoms with van der Waals surface area (Å²) < 4.78 is 48.2. The van der Waals surface area contributed by atoms with Gasteiger partial charge in [0.2, 0.25) is 6.41 Å². The quantitative estimate of drug-likeness (QED) is 0.0432. The Kier molecular flexibility index (Phi) is 15.3. The van der Waals surface area contributed by atoms with Crippen molar-refractivity contribution in [2.45, 2.75) is 71.7 Å². The van der Waals surface area contributed by atoms with Gasteiger partial charge in [0.15, 0.2) is 5.70 Å². The number of likely N-dealkylation sites (N-methyl/N-ethyl adjacent to an activating group) is 1. The zero-order valence-corrected chi connectivity index (χ0v) is 27.4. The number of carbonyl (C=O) groups excluding carboxylic acids is 2. The van der Waals surface area contributed by atoms with Gasteiger partial charge in [-0.25, -0.2) is 10.4 Å². The lowest BCUT2D eigenvalue weighted by atomic mass is 9.95. The van der Waals surface area contributed by atoms with Crippen molar-refractivity contribution in [2.24, 2.45) is 5.10 Å². The molecule has 1 N–H and O–H groups in total. The summed E-state index contributed by atoms with van der Waals surface area (Å²) in [6.07, 6.45) is 7.09. The van der Waals surface area contributed by atoms with Crippen LogP contribution in [0.25, 0.3) is 0 Å². The molecule has 0 saturated heterocycles. The highest BCUT2D eigenvalue weighted by molar-refractivity contribution is 5.66. The third-order valence-corrected chi connectivity index (χ3v) is 7.60. The van der Waals surface area contributed by atoms with Gasteiger partial charge in [-0.1, -0.05) is 82.8 Å². The van der Waals surface area contributed by atoms with Crippen molar-refractivity contribution in [1.29, 1.82) is 0 Å². The van der Waals surface area contributed by atoms with E-state index in [-0.39, 0.29) is 24.6 Å². The highest BCUT2D eigenvalue weighted by Crippen LogP contribution is 2.36. The summed E-state index contributed by atoms with van der Waals surface area (Å²) in [5.41, 5.74) is 5.69. The fourth-order valence-electron chi connectivity index (χ4n) is 5.07. The zero-order valence-electron chi connectivity index (χ0n) is 27.4. The van der Waals surface area contributed by atoms with Crippen LogP contribution < -0.4 is 5.43 Å². The van der Waals surface area contributed by atoms with Crippen molar-refractivity contribution >= 4 is 19.4 Å². The molecule has 1 heterocycles. The molecule has 1 aliphatic rings. The van der Waals surface area contributed by atoms with Crippen molar-refractivity contribution < 1.29 is 27.5 Å². The topological polar surface area (TPSA) is 77.5 Å². The van der Waals surface area contributed by atoms with Crippen molar-refractivity contribution in [3.8, 4) is 0 Å². The molecule has 1 aliphatic heterocycles. The lowest BCUT2D eigenvalue weighted by Crippen LogP contribution is -2.41. The zero-order chi connectivity index (χ0) is 34.3. The molecule has 1 aromatic carbocycles. The van der Waals surface area contributed by atoms with Crippen LogP contribution in [0.3, 0.4) is 0 Å². The van der Waals surface area contributed by atoms with E-state index in [1.807, 2.05) is 51.1 Å². The summed E-state index contributed by atoms with van der Waals surface area (Å²) in [7, 11) is 1.64. The normalized spacial score (nSPS) is 15.9. The van der Waals surface area contributed by atoms with Crippen LogP contribution in [-0.4, -0.2) is 66.7 Å². The predicted octanol–water partition coefficient (Wildman–Crippen LogP) is 7.14. The number of hydrazine groups is 1. The second-order valence-corrected chi connectivity index (χ2v) is 10.7. The van der Waals surface area contributed by atoms with Gasteiger partial charge in [-0.3, -0.25) is 14.6 Å². The summed E-state index contributed by atoms with van der Waals surface area (Å²) in [5, 5.41) is 5.78. The van der Waals surface area contributed by atoms with Gasteiger partial charge in [0.25, 0.3) is 0 Å². The minimum absolute atomic E-state index is 0.0712. The number of allylic oxidation sites excluding steroid dienone is 7. The lowest BCUT2D eigenvalue weighted by Gasteiger charge is -2.38. The van der Waals surface area contributed by atoms with Gasteiger partial charge < -0.3 is 9.64 Å². The summed E-state index contributed by atoms with van der Waals surface area (Å²) in [5.74, 6) is 0.872. The molecule has 8 nitrogen and oxygen atoms in total. The van der Waals surface area contributed by atoms with Gasteiger partial charge in [0.1, 0.15) is 24.5 Å². The second kappa shape index (κ2) is 18.6. The number of rotatable bonds is 19. The van der Waals surface area contributed by atoms with E-state index in [2.05, 4.69) is 30.7 Å². The number of nitrogens with zero attached hydrogens (tertiary/aromatic N) is 4. The van der Waals surface area contributed by atoms with E-state index in [4.69, 9.17) is 4.74 Å². The number of carbonyl (C=O) groups is 2.